The molecule has 3 heteroatoms. The van der Waals surface area contributed by atoms with Gasteiger partial charge in [-0.25, -0.2) is 0 Å². The van der Waals surface area contributed by atoms with Crippen molar-refractivity contribution in [3.8, 4) is 5.75 Å². The molecule has 1 fully saturated rings. The van der Waals surface area contributed by atoms with Crippen LogP contribution in [0.15, 0.2) is 18.2 Å². The summed E-state index contributed by atoms with van der Waals surface area (Å²) >= 11 is 2.05. The number of thioether (sulfide) groups is 1. The molecule has 3 rings (SSSR count). The van der Waals surface area contributed by atoms with E-state index in [1.165, 1.54) is 29.1 Å². The summed E-state index contributed by atoms with van der Waals surface area (Å²) in [6, 6.07) is 6.39. The van der Waals surface area contributed by atoms with Gasteiger partial charge in [-0.3, -0.25) is 0 Å². The Bertz CT molecular complexity index is 374. The molecule has 0 bridgehead atoms. The van der Waals surface area contributed by atoms with Crippen molar-refractivity contribution in [2.24, 2.45) is 5.92 Å². The lowest BCUT2D eigenvalue weighted by Crippen LogP contribution is -2.12. The Morgan fingerprint density at radius 1 is 1.38 bits per heavy atom. The van der Waals surface area contributed by atoms with Gasteiger partial charge < -0.3 is 10.1 Å². The first-order chi connectivity index (χ1) is 7.93. The molecule has 2 aliphatic rings. The van der Waals surface area contributed by atoms with E-state index in [1.54, 1.807) is 0 Å². The van der Waals surface area contributed by atoms with Crippen molar-refractivity contribution in [3.63, 3.8) is 0 Å². The van der Waals surface area contributed by atoms with Crippen LogP contribution in [0.2, 0.25) is 0 Å². The topological polar surface area (TPSA) is 21.3 Å². The van der Waals surface area contributed by atoms with E-state index in [2.05, 4.69) is 35.3 Å². The van der Waals surface area contributed by atoms with Crippen molar-refractivity contribution in [2.75, 3.05) is 18.1 Å². The quantitative estimate of drug-likeness (QED) is 0.869. The molecule has 86 valence electrons. The summed E-state index contributed by atoms with van der Waals surface area (Å²) in [7, 11) is 0. The summed E-state index contributed by atoms with van der Waals surface area (Å²) in [5.74, 6) is 4.44. The third-order valence-corrected chi connectivity index (χ3v) is 4.58. The van der Waals surface area contributed by atoms with Crippen molar-refractivity contribution < 1.29 is 4.74 Å². The molecule has 1 atom stereocenters. The van der Waals surface area contributed by atoms with E-state index in [9.17, 15) is 0 Å². The van der Waals surface area contributed by atoms with Crippen LogP contribution in [0.1, 0.15) is 17.5 Å². The minimum absolute atomic E-state index is 0.759. The fourth-order valence-corrected chi connectivity index (χ4v) is 3.62. The highest BCUT2D eigenvalue weighted by atomic mass is 32.2. The zero-order valence-corrected chi connectivity index (χ0v) is 10.2. The molecule has 0 radical (unpaired) electrons. The van der Waals surface area contributed by atoms with Crippen molar-refractivity contribution in [2.45, 2.75) is 19.5 Å². The summed E-state index contributed by atoms with van der Waals surface area (Å²) in [6.45, 7) is 2.85. The second-order valence-corrected chi connectivity index (χ2v) is 5.69. The first-order valence-electron chi connectivity index (χ1n) is 5.95. The molecule has 0 aliphatic carbocycles. The lowest BCUT2D eigenvalue weighted by Gasteiger charge is -2.13. The lowest BCUT2D eigenvalue weighted by molar-refractivity contribution is 0.261. The van der Waals surface area contributed by atoms with Gasteiger partial charge in [-0.05, 0) is 29.6 Å². The second-order valence-electron chi connectivity index (χ2n) is 4.54. The first kappa shape index (κ1) is 10.5. The molecule has 0 aromatic heterocycles. The Labute approximate surface area is 101 Å². The highest BCUT2D eigenvalue weighted by Gasteiger charge is 2.18. The molecule has 2 heterocycles. The number of fused-ring (bicyclic) bond motifs is 1. The van der Waals surface area contributed by atoms with Crippen LogP contribution in [0.4, 0.5) is 0 Å². The summed E-state index contributed by atoms with van der Waals surface area (Å²) in [5, 5.41) is 3.37. The first-order valence-corrected chi connectivity index (χ1v) is 7.11. The lowest BCUT2D eigenvalue weighted by atomic mass is 10.1. The number of rotatable bonds is 3. The molecule has 1 unspecified atom stereocenters. The van der Waals surface area contributed by atoms with Crippen LogP contribution in [-0.4, -0.2) is 18.1 Å². The van der Waals surface area contributed by atoms with Gasteiger partial charge in [0.2, 0.25) is 0 Å². The fourth-order valence-electron chi connectivity index (χ4n) is 2.36. The Morgan fingerprint density at radius 2 is 2.38 bits per heavy atom. The third kappa shape index (κ3) is 2.06. The molecule has 1 aromatic carbocycles. The maximum absolute atomic E-state index is 5.98. The monoisotopic (exact) mass is 235 g/mol. The van der Waals surface area contributed by atoms with Gasteiger partial charge in [-0.1, -0.05) is 12.1 Å². The van der Waals surface area contributed by atoms with Crippen LogP contribution >= 0.6 is 11.8 Å². The van der Waals surface area contributed by atoms with Gasteiger partial charge >= 0.3 is 0 Å². The van der Waals surface area contributed by atoms with Crippen molar-refractivity contribution in [1.29, 1.82) is 0 Å². The highest BCUT2D eigenvalue weighted by molar-refractivity contribution is 7.99. The molecule has 0 spiro atoms. The minimum atomic E-state index is 0.759. The maximum atomic E-state index is 5.98. The van der Waals surface area contributed by atoms with E-state index in [4.69, 9.17) is 4.74 Å². The normalized spacial score (nSPS) is 23.4. The molecule has 1 saturated heterocycles. The standard InChI is InChI=1S/C13H17NOS/c1-2-11-6-14-7-12(11)13(3-1)15-8-10-4-5-16-9-10/h1-3,10,14H,4-9H2. The van der Waals surface area contributed by atoms with E-state index >= 15 is 0 Å². The summed E-state index contributed by atoms with van der Waals surface area (Å²) in [6.07, 6.45) is 1.32. The number of ether oxygens (including phenoxy) is 1. The number of nitrogens with one attached hydrogen (secondary N) is 1. The van der Waals surface area contributed by atoms with E-state index in [0.717, 1.165) is 31.4 Å². The SMILES string of the molecule is c1cc2c(c(OCC3CCSC3)c1)CNC2. The van der Waals surface area contributed by atoms with Gasteiger partial charge in [-0.2, -0.15) is 11.8 Å². The molecule has 1 N–H and O–H groups in total. The third-order valence-electron chi connectivity index (χ3n) is 3.35. The average Bonchev–Trinajstić information content (AvgIpc) is 2.97. The van der Waals surface area contributed by atoms with Gasteiger partial charge in [0.1, 0.15) is 5.75 Å². The minimum Gasteiger partial charge on any atom is -0.493 e. The number of benzene rings is 1. The highest BCUT2D eigenvalue weighted by Crippen LogP contribution is 2.28. The predicted octanol–water partition coefficient (Wildman–Crippen LogP) is 2.42. The summed E-state index contributed by atoms with van der Waals surface area (Å²) in [5.41, 5.74) is 2.77. The molecular weight excluding hydrogens is 218 g/mol. The van der Waals surface area contributed by atoms with Crippen LogP contribution in [0, 0.1) is 5.92 Å². The Kier molecular flexibility index (Phi) is 3.06. The summed E-state index contributed by atoms with van der Waals surface area (Å²) in [4.78, 5) is 0. The van der Waals surface area contributed by atoms with E-state index in [0.29, 0.717) is 0 Å². The van der Waals surface area contributed by atoms with E-state index in [-0.39, 0.29) is 0 Å². The zero-order chi connectivity index (χ0) is 10.8. The van der Waals surface area contributed by atoms with E-state index < -0.39 is 0 Å². The van der Waals surface area contributed by atoms with Gasteiger partial charge in [0.25, 0.3) is 0 Å². The number of hydrogen-bond acceptors (Lipinski definition) is 3. The van der Waals surface area contributed by atoms with Crippen molar-refractivity contribution >= 4 is 11.8 Å². The van der Waals surface area contributed by atoms with Gasteiger partial charge in [0, 0.05) is 24.6 Å². The smallest absolute Gasteiger partial charge is 0.124 e. The van der Waals surface area contributed by atoms with Gasteiger partial charge in [0.15, 0.2) is 0 Å². The largest absolute Gasteiger partial charge is 0.493 e. The summed E-state index contributed by atoms with van der Waals surface area (Å²) < 4.78 is 5.98. The van der Waals surface area contributed by atoms with Crippen LogP contribution in [0.25, 0.3) is 0 Å². The molecule has 0 saturated carbocycles. The zero-order valence-electron chi connectivity index (χ0n) is 9.37. The van der Waals surface area contributed by atoms with Gasteiger partial charge in [-0.15, -0.1) is 0 Å². The van der Waals surface area contributed by atoms with E-state index in [1.807, 2.05) is 0 Å². The maximum Gasteiger partial charge on any atom is 0.124 e. The van der Waals surface area contributed by atoms with Crippen LogP contribution in [-0.2, 0) is 13.1 Å². The molecule has 1 aromatic rings. The van der Waals surface area contributed by atoms with Crippen molar-refractivity contribution in [1.82, 2.24) is 5.32 Å². The van der Waals surface area contributed by atoms with Crippen LogP contribution < -0.4 is 10.1 Å². The second kappa shape index (κ2) is 4.68. The molecule has 2 nitrogen and oxygen atoms in total. The van der Waals surface area contributed by atoms with Crippen LogP contribution in [0.5, 0.6) is 5.75 Å². The number of hydrogen-bond donors (Lipinski definition) is 1. The average molecular weight is 235 g/mol. The fraction of sp³-hybridized carbons (Fsp3) is 0.538. The Balaban J connectivity index is 1.67. The van der Waals surface area contributed by atoms with Gasteiger partial charge in [0.05, 0.1) is 6.61 Å². The Hall–Kier alpha value is -0.670. The Morgan fingerprint density at radius 3 is 3.25 bits per heavy atom. The van der Waals surface area contributed by atoms with Crippen LogP contribution in [0.3, 0.4) is 0 Å². The van der Waals surface area contributed by atoms with Crippen molar-refractivity contribution in [3.05, 3.63) is 29.3 Å². The molecule has 16 heavy (non-hydrogen) atoms. The molecule has 2 aliphatic heterocycles. The predicted molar refractivity (Wildman–Crippen MR) is 67.9 cm³/mol. The molecule has 0 amide bonds. The molecular formula is C13H17NOS.